The van der Waals surface area contributed by atoms with Gasteiger partial charge in [-0.05, 0) is 6.42 Å². The smallest absolute Gasteiger partial charge is 0.297 e. The van der Waals surface area contributed by atoms with Crippen molar-refractivity contribution in [2.45, 2.75) is 32.6 Å². The highest BCUT2D eigenvalue weighted by atomic mass is 35.5. The molecule has 0 atom stereocenters. The molecule has 3 heteroatoms. The summed E-state index contributed by atoms with van der Waals surface area (Å²) in [6.07, 6.45) is 6.20. The highest BCUT2D eigenvalue weighted by Gasteiger charge is 1.81. The minimum atomic E-state index is 0.312. The maximum atomic E-state index is 9.11. The van der Waals surface area contributed by atoms with Crippen molar-refractivity contribution in [3.63, 3.8) is 0 Å². The number of rotatable bonds is 6. The van der Waals surface area contributed by atoms with Crippen LogP contribution in [-0.4, -0.2) is 12.4 Å². The summed E-state index contributed by atoms with van der Waals surface area (Å²) in [4.78, 5) is 9.11. The van der Waals surface area contributed by atoms with Crippen LogP contribution in [0.15, 0.2) is 12.8 Å². The maximum absolute atomic E-state index is 9.11. The second-order valence-electron chi connectivity index (χ2n) is 2.15. The number of carbonyl (C=O) groups excluding carboxylic acids is 1. The first-order valence-electron chi connectivity index (χ1n) is 4.09. The number of hydrogen-bond acceptors (Lipinski definition) is 2. The molecule has 0 aromatic rings. The minimum Gasteiger partial charge on any atom is -0.437 e. The van der Waals surface area contributed by atoms with E-state index < -0.39 is 0 Å². The third-order valence-corrected chi connectivity index (χ3v) is 1.41. The summed E-state index contributed by atoms with van der Waals surface area (Å²) in [5, 5.41) is 0. The summed E-state index contributed by atoms with van der Waals surface area (Å²) in [6.45, 7) is 5.61. The zero-order chi connectivity index (χ0) is 9.66. The Balaban J connectivity index is 0. The average molecular weight is 193 g/mol. The molecule has 0 aromatic heterocycles. The lowest BCUT2D eigenvalue weighted by atomic mass is 10.2. The van der Waals surface area contributed by atoms with Crippen LogP contribution in [0.4, 0.5) is 0 Å². The molecule has 0 radical (unpaired) electrons. The number of alkyl halides is 1. The molecule has 0 fully saturated rings. The molecule has 72 valence electrons. The van der Waals surface area contributed by atoms with E-state index in [2.05, 4.69) is 18.2 Å². The van der Waals surface area contributed by atoms with Gasteiger partial charge in [0, 0.05) is 5.88 Å². The van der Waals surface area contributed by atoms with Gasteiger partial charge in [0.05, 0.1) is 6.26 Å². The lowest BCUT2D eigenvalue weighted by Gasteiger charge is -1.89. The van der Waals surface area contributed by atoms with Crippen molar-refractivity contribution in [2.24, 2.45) is 0 Å². The van der Waals surface area contributed by atoms with Gasteiger partial charge >= 0.3 is 0 Å². The van der Waals surface area contributed by atoms with Crippen molar-refractivity contribution in [3.8, 4) is 0 Å². The van der Waals surface area contributed by atoms with E-state index in [1.165, 1.54) is 25.7 Å². The molecule has 2 nitrogen and oxygen atoms in total. The van der Waals surface area contributed by atoms with Crippen LogP contribution in [0.1, 0.15) is 32.6 Å². The fourth-order valence-electron chi connectivity index (χ4n) is 0.561. The summed E-state index contributed by atoms with van der Waals surface area (Å²) in [6, 6.07) is 0. The molecule has 0 aromatic carbocycles. The Morgan fingerprint density at radius 3 is 2.33 bits per heavy atom. The fraction of sp³-hybridized carbons (Fsp3) is 0.667. The van der Waals surface area contributed by atoms with Crippen molar-refractivity contribution in [2.75, 3.05) is 5.88 Å². The lowest BCUT2D eigenvalue weighted by molar-refractivity contribution is -0.123. The Labute approximate surface area is 79.6 Å². The van der Waals surface area contributed by atoms with E-state index in [9.17, 15) is 0 Å². The summed E-state index contributed by atoms with van der Waals surface area (Å²) in [5.74, 6) is 0.833. The van der Waals surface area contributed by atoms with Crippen molar-refractivity contribution in [1.29, 1.82) is 0 Å². The summed E-state index contributed by atoms with van der Waals surface area (Å²) < 4.78 is 3.92. The van der Waals surface area contributed by atoms with Crippen LogP contribution in [0.2, 0.25) is 0 Å². The van der Waals surface area contributed by atoms with Crippen molar-refractivity contribution in [1.82, 2.24) is 0 Å². The van der Waals surface area contributed by atoms with Gasteiger partial charge in [0.15, 0.2) is 0 Å². The largest absolute Gasteiger partial charge is 0.437 e. The zero-order valence-corrected chi connectivity index (χ0v) is 8.35. The van der Waals surface area contributed by atoms with E-state index in [1.54, 1.807) is 0 Å². The molecule has 0 bridgehead atoms. The quantitative estimate of drug-likeness (QED) is 0.280. The molecule has 0 N–H and O–H groups in total. The maximum Gasteiger partial charge on any atom is 0.297 e. The Morgan fingerprint density at radius 2 is 2.08 bits per heavy atom. The number of ether oxygens (including phenoxy) is 1. The Morgan fingerprint density at radius 1 is 1.42 bits per heavy atom. The van der Waals surface area contributed by atoms with E-state index in [0.29, 0.717) is 6.47 Å². The standard InChI is InChI=1S/C6H13Cl.C3H4O2/c1-2-3-4-5-6-7;1-2-5-3-4/h2-6H2,1H3;2-3H,1H2. The molecule has 0 amide bonds. The first-order chi connectivity index (χ1) is 5.83. The molecule has 0 saturated heterocycles. The SMILES string of the molecule is C=COC=O.CCCCCCCl. The highest BCUT2D eigenvalue weighted by Crippen LogP contribution is 1.98. The molecule has 0 saturated carbocycles. The van der Waals surface area contributed by atoms with E-state index in [0.717, 1.165) is 12.1 Å². The van der Waals surface area contributed by atoms with Gasteiger partial charge in [0.1, 0.15) is 0 Å². The Kier molecular flexibility index (Phi) is 19.7. The van der Waals surface area contributed by atoms with E-state index in [4.69, 9.17) is 16.4 Å². The van der Waals surface area contributed by atoms with Gasteiger partial charge in [0.2, 0.25) is 0 Å². The number of carbonyl (C=O) groups is 1. The van der Waals surface area contributed by atoms with E-state index >= 15 is 0 Å². The first-order valence-corrected chi connectivity index (χ1v) is 4.62. The molecule has 0 aliphatic carbocycles. The van der Waals surface area contributed by atoms with Crippen LogP contribution < -0.4 is 0 Å². The summed E-state index contributed by atoms with van der Waals surface area (Å²) in [7, 11) is 0. The molecular weight excluding hydrogens is 176 g/mol. The number of halogens is 1. The number of hydrogen-bond donors (Lipinski definition) is 0. The van der Waals surface area contributed by atoms with Crippen LogP contribution >= 0.6 is 11.6 Å². The second-order valence-corrected chi connectivity index (χ2v) is 2.53. The summed E-state index contributed by atoms with van der Waals surface area (Å²) in [5.41, 5.74) is 0. The van der Waals surface area contributed by atoms with Gasteiger partial charge in [-0.15, -0.1) is 11.6 Å². The fourth-order valence-corrected chi connectivity index (χ4v) is 0.750. The van der Waals surface area contributed by atoms with Crippen LogP contribution in [0.25, 0.3) is 0 Å². The molecule has 0 aliphatic rings. The molecule has 0 spiro atoms. The van der Waals surface area contributed by atoms with Gasteiger partial charge in [-0.2, -0.15) is 0 Å². The van der Waals surface area contributed by atoms with Crippen LogP contribution in [0.5, 0.6) is 0 Å². The zero-order valence-electron chi connectivity index (χ0n) is 7.59. The van der Waals surface area contributed by atoms with E-state index in [-0.39, 0.29) is 0 Å². The monoisotopic (exact) mass is 192 g/mol. The van der Waals surface area contributed by atoms with Crippen LogP contribution in [-0.2, 0) is 9.53 Å². The molecule has 12 heavy (non-hydrogen) atoms. The molecule has 0 aliphatic heterocycles. The van der Waals surface area contributed by atoms with E-state index in [1.807, 2.05) is 0 Å². The predicted molar refractivity (Wildman–Crippen MR) is 52.2 cm³/mol. The topological polar surface area (TPSA) is 26.3 Å². The Bertz CT molecular complexity index is 84.5. The molecular formula is C9H17ClO2. The van der Waals surface area contributed by atoms with Gasteiger partial charge in [-0.25, -0.2) is 0 Å². The van der Waals surface area contributed by atoms with Gasteiger partial charge < -0.3 is 4.74 Å². The first kappa shape index (κ1) is 14.0. The summed E-state index contributed by atoms with van der Waals surface area (Å²) >= 11 is 5.44. The van der Waals surface area contributed by atoms with Crippen LogP contribution in [0, 0.1) is 0 Å². The van der Waals surface area contributed by atoms with Gasteiger partial charge in [-0.3, -0.25) is 4.79 Å². The number of unbranched alkanes of at least 4 members (excludes halogenated alkanes) is 3. The van der Waals surface area contributed by atoms with Crippen molar-refractivity contribution in [3.05, 3.63) is 12.8 Å². The normalized spacial score (nSPS) is 7.83. The molecule has 0 heterocycles. The third kappa shape index (κ3) is 22.7. The van der Waals surface area contributed by atoms with Gasteiger partial charge in [0.25, 0.3) is 6.47 Å². The average Bonchev–Trinajstić information content (AvgIpc) is 2.08. The van der Waals surface area contributed by atoms with Gasteiger partial charge in [-0.1, -0.05) is 32.8 Å². The second kappa shape index (κ2) is 16.8. The Hall–Kier alpha value is -0.500. The minimum absolute atomic E-state index is 0.312. The van der Waals surface area contributed by atoms with Crippen LogP contribution in [0.3, 0.4) is 0 Å². The molecule has 0 unspecified atom stereocenters. The lowest BCUT2D eigenvalue weighted by Crippen LogP contribution is -1.74. The highest BCUT2D eigenvalue weighted by molar-refractivity contribution is 6.17. The van der Waals surface area contributed by atoms with Crippen molar-refractivity contribution >= 4 is 18.1 Å². The van der Waals surface area contributed by atoms with Crippen molar-refractivity contribution < 1.29 is 9.53 Å². The predicted octanol–water partition coefficient (Wildman–Crippen LogP) is 3.11. The molecule has 0 rings (SSSR count). The third-order valence-electron chi connectivity index (χ3n) is 1.14.